The summed E-state index contributed by atoms with van der Waals surface area (Å²) in [6.45, 7) is 0. The van der Waals surface area contributed by atoms with Gasteiger partial charge < -0.3 is 4.74 Å². The zero-order chi connectivity index (χ0) is 13.6. The number of fused-ring (bicyclic) bond motifs is 1. The predicted molar refractivity (Wildman–Crippen MR) is 54.5 cm³/mol. The molecule has 0 fully saturated rings. The second kappa shape index (κ2) is 3.83. The van der Waals surface area contributed by atoms with E-state index >= 15 is 0 Å². The van der Waals surface area contributed by atoms with Crippen LogP contribution in [0.3, 0.4) is 0 Å². The van der Waals surface area contributed by atoms with Crippen molar-refractivity contribution in [3.63, 3.8) is 0 Å². The minimum absolute atomic E-state index is 0.0172. The molecule has 6 nitrogen and oxygen atoms in total. The van der Waals surface area contributed by atoms with Crippen LogP contribution in [0, 0.1) is 0 Å². The molecular formula is C8H6F3N3O3S. The summed E-state index contributed by atoms with van der Waals surface area (Å²) >= 11 is 0. The van der Waals surface area contributed by atoms with E-state index in [0.717, 1.165) is 6.07 Å². The van der Waals surface area contributed by atoms with E-state index in [0.29, 0.717) is 0 Å². The van der Waals surface area contributed by atoms with Crippen molar-refractivity contribution in [2.24, 2.45) is 0 Å². The van der Waals surface area contributed by atoms with Crippen molar-refractivity contribution < 1.29 is 26.3 Å². The summed E-state index contributed by atoms with van der Waals surface area (Å²) < 4.78 is 64.3. The van der Waals surface area contributed by atoms with Gasteiger partial charge in [-0.1, -0.05) is 5.21 Å². The molecule has 98 valence electrons. The fourth-order valence-corrected chi connectivity index (χ4v) is 2.01. The number of ether oxygens (including phenoxy) is 1. The normalized spacial score (nSPS) is 12.9. The maximum Gasteiger partial charge on any atom is 0.518 e. The molecule has 0 unspecified atom stereocenters. The molecule has 2 aromatic rings. The Kier molecular flexibility index (Phi) is 2.69. The van der Waals surface area contributed by atoms with Crippen LogP contribution in [0.4, 0.5) is 13.2 Å². The van der Waals surface area contributed by atoms with Crippen molar-refractivity contribution in [2.45, 2.75) is 5.51 Å². The summed E-state index contributed by atoms with van der Waals surface area (Å²) in [6.07, 6.45) is 0. The summed E-state index contributed by atoms with van der Waals surface area (Å²) in [5.41, 5.74) is -5.73. The van der Waals surface area contributed by atoms with Gasteiger partial charge in [-0.15, -0.1) is 9.19 Å². The third-order valence-electron chi connectivity index (χ3n) is 2.14. The monoisotopic (exact) mass is 281 g/mol. The zero-order valence-corrected chi connectivity index (χ0v) is 9.66. The molecule has 0 saturated heterocycles. The minimum atomic E-state index is -5.60. The average Bonchev–Trinajstić information content (AvgIpc) is 2.70. The standard InChI is InChI=1S/C8H6F3N3O3S/c1-17-5-2-3-6-7(4-5)14(13-12-6)18(15,16)8(9,10)11/h2-4H,1H3. The Morgan fingerprint density at radius 1 is 1.33 bits per heavy atom. The number of nitrogens with zero attached hydrogens (tertiary/aromatic N) is 3. The minimum Gasteiger partial charge on any atom is -0.497 e. The van der Waals surface area contributed by atoms with Crippen molar-refractivity contribution in [3.8, 4) is 5.75 Å². The van der Waals surface area contributed by atoms with Crippen LogP contribution in [-0.2, 0) is 10.0 Å². The van der Waals surface area contributed by atoms with E-state index in [4.69, 9.17) is 4.74 Å². The smallest absolute Gasteiger partial charge is 0.497 e. The molecule has 18 heavy (non-hydrogen) atoms. The molecule has 1 heterocycles. The van der Waals surface area contributed by atoms with Crippen LogP contribution in [-0.4, -0.2) is 35.4 Å². The Morgan fingerprint density at radius 3 is 2.56 bits per heavy atom. The molecule has 0 radical (unpaired) electrons. The second-order valence-electron chi connectivity index (χ2n) is 3.24. The third kappa shape index (κ3) is 1.78. The number of alkyl halides is 3. The maximum atomic E-state index is 12.4. The van der Waals surface area contributed by atoms with Crippen LogP contribution in [0.15, 0.2) is 18.2 Å². The van der Waals surface area contributed by atoms with E-state index in [9.17, 15) is 21.6 Å². The number of hydrogen-bond donors (Lipinski definition) is 0. The first-order valence-corrected chi connectivity index (χ1v) is 5.92. The van der Waals surface area contributed by atoms with Crippen molar-refractivity contribution in [1.29, 1.82) is 0 Å². The van der Waals surface area contributed by atoms with Gasteiger partial charge in [-0.25, -0.2) is 0 Å². The lowest BCUT2D eigenvalue weighted by Crippen LogP contribution is -2.30. The fourth-order valence-electron chi connectivity index (χ4n) is 1.28. The van der Waals surface area contributed by atoms with E-state index in [1.165, 1.54) is 19.2 Å². The van der Waals surface area contributed by atoms with Crippen molar-refractivity contribution in [1.82, 2.24) is 14.4 Å². The first-order valence-electron chi connectivity index (χ1n) is 4.48. The molecule has 0 aliphatic heterocycles. The maximum absolute atomic E-state index is 12.4. The molecule has 1 aromatic heterocycles. The molecule has 0 saturated carbocycles. The number of hydrogen-bond acceptors (Lipinski definition) is 5. The number of halogens is 3. The molecular weight excluding hydrogens is 275 g/mol. The van der Waals surface area contributed by atoms with Gasteiger partial charge in [-0.2, -0.15) is 21.6 Å². The van der Waals surface area contributed by atoms with Gasteiger partial charge in [0.05, 0.1) is 7.11 Å². The van der Waals surface area contributed by atoms with Gasteiger partial charge in [0.15, 0.2) is 0 Å². The molecule has 0 atom stereocenters. The van der Waals surface area contributed by atoms with E-state index in [-0.39, 0.29) is 20.9 Å². The Balaban J connectivity index is 2.73. The predicted octanol–water partition coefficient (Wildman–Crippen LogP) is 1.14. The van der Waals surface area contributed by atoms with E-state index < -0.39 is 15.5 Å². The fraction of sp³-hybridized carbons (Fsp3) is 0.250. The Hall–Kier alpha value is -1.84. The van der Waals surface area contributed by atoms with Gasteiger partial charge in [0.25, 0.3) is 0 Å². The average molecular weight is 281 g/mol. The lowest BCUT2D eigenvalue weighted by atomic mass is 10.3. The van der Waals surface area contributed by atoms with E-state index in [1.807, 2.05) is 0 Å². The first kappa shape index (κ1) is 12.6. The number of aromatic nitrogens is 3. The van der Waals surface area contributed by atoms with Crippen LogP contribution >= 0.6 is 0 Å². The molecule has 0 aliphatic rings. The molecule has 0 bridgehead atoms. The number of benzene rings is 1. The van der Waals surface area contributed by atoms with Gasteiger partial charge >= 0.3 is 15.5 Å². The van der Waals surface area contributed by atoms with Crippen molar-refractivity contribution in [3.05, 3.63) is 18.2 Å². The highest BCUT2D eigenvalue weighted by Gasteiger charge is 2.49. The van der Waals surface area contributed by atoms with Crippen molar-refractivity contribution in [2.75, 3.05) is 7.11 Å². The van der Waals surface area contributed by atoms with Crippen LogP contribution < -0.4 is 4.74 Å². The van der Waals surface area contributed by atoms with Crippen LogP contribution in [0.1, 0.15) is 0 Å². The summed E-state index contributed by atoms with van der Waals surface area (Å²) in [7, 11) is -4.30. The van der Waals surface area contributed by atoms with Gasteiger partial charge in [0.2, 0.25) is 0 Å². The molecule has 1 aromatic carbocycles. The summed E-state index contributed by atoms with van der Waals surface area (Å²) in [4.78, 5) is 0. The van der Waals surface area contributed by atoms with Gasteiger partial charge in [0.1, 0.15) is 16.8 Å². The van der Waals surface area contributed by atoms with Gasteiger partial charge in [0, 0.05) is 6.07 Å². The highest BCUT2D eigenvalue weighted by atomic mass is 32.2. The highest BCUT2D eigenvalue weighted by Crippen LogP contribution is 2.28. The summed E-state index contributed by atoms with van der Waals surface area (Å²) in [5, 5.41) is 6.36. The van der Waals surface area contributed by atoms with Crippen LogP contribution in [0.25, 0.3) is 11.0 Å². The zero-order valence-electron chi connectivity index (χ0n) is 8.84. The number of rotatable bonds is 2. The topological polar surface area (TPSA) is 74.1 Å². The molecule has 0 aliphatic carbocycles. The molecule has 0 N–H and O–H groups in total. The first-order chi connectivity index (χ1) is 8.27. The molecule has 10 heteroatoms. The third-order valence-corrected chi connectivity index (χ3v) is 3.45. The van der Waals surface area contributed by atoms with Gasteiger partial charge in [-0.3, -0.25) is 0 Å². The Bertz CT molecular complexity index is 692. The van der Waals surface area contributed by atoms with E-state index in [2.05, 4.69) is 10.3 Å². The van der Waals surface area contributed by atoms with Gasteiger partial charge in [-0.05, 0) is 12.1 Å². The molecule has 0 amide bonds. The lowest BCUT2D eigenvalue weighted by Gasteiger charge is -2.07. The van der Waals surface area contributed by atoms with Crippen LogP contribution in [0.5, 0.6) is 5.75 Å². The summed E-state index contributed by atoms with van der Waals surface area (Å²) in [5.74, 6) is 0.198. The highest BCUT2D eigenvalue weighted by molar-refractivity contribution is 7.90. The number of methoxy groups -OCH3 is 1. The quantitative estimate of drug-likeness (QED) is 0.825. The molecule has 2 rings (SSSR count). The summed E-state index contributed by atoms with van der Waals surface area (Å²) in [6, 6.07) is 3.85. The van der Waals surface area contributed by atoms with E-state index in [1.54, 1.807) is 0 Å². The molecule has 0 spiro atoms. The SMILES string of the molecule is COc1ccc2nnn(S(=O)(=O)C(F)(F)F)c2c1. The lowest BCUT2D eigenvalue weighted by molar-refractivity contribution is -0.0448. The largest absolute Gasteiger partial charge is 0.518 e. The van der Waals surface area contributed by atoms with Crippen molar-refractivity contribution >= 4 is 21.1 Å². The Labute approximate surface area is 99.0 Å². The Morgan fingerprint density at radius 2 is 2.00 bits per heavy atom. The van der Waals surface area contributed by atoms with Crippen LogP contribution in [0.2, 0.25) is 0 Å². The second-order valence-corrected chi connectivity index (χ2v) is 5.00.